The molecule has 2 rings (SSSR count). The topological polar surface area (TPSA) is 75.7 Å². The van der Waals surface area contributed by atoms with Gasteiger partial charge in [-0.15, -0.1) is 0 Å². The maximum absolute atomic E-state index is 13.0. The molecule has 1 N–H and O–H groups in total. The van der Waals surface area contributed by atoms with E-state index in [4.69, 9.17) is 27.9 Å². The number of piperazine rings is 1. The van der Waals surface area contributed by atoms with Gasteiger partial charge >= 0.3 is 5.97 Å². The van der Waals surface area contributed by atoms with Crippen molar-refractivity contribution in [2.45, 2.75) is 83.6 Å². The molecule has 0 aromatic heterocycles. The van der Waals surface area contributed by atoms with E-state index in [9.17, 15) is 14.4 Å². The number of benzene rings is 1. The highest BCUT2D eigenvalue weighted by Gasteiger charge is 2.36. The van der Waals surface area contributed by atoms with Crippen LogP contribution in [0.2, 0.25) is 10.0 Å². The van der Waals surface area contributed by atoms with Crippen molar-refractivity contribution in [1.82, 2.24) is 10.2 Å². The maximum Gasteiger partial charge on any atom is 0.308 e. The molecule has 6 nitrogen and oxygen atoms in total. The molecule has 1 aromatic carbocycles. The van der Waals surface area contributed by atoms with Crippen LogP contribution >= 0.6 is 23.2 Å². The fourth-order valence-electron chi connectivity index (χ4n) is 3.97. The normalized spacial score (nSPS) is 15.9. The van der Waals surface area contributed by atoms with Gasteiger partial charge in [0.25, 0.3) is 5.91 Å². The van der Waals surface area contributed by atoms with E-state index >= 15 is 0 Å². The second kappa shape index (κ2) is 15.2. The number of ether oxygens (including phenoxy) is 1. The number of rotatable bonds is 14. The van der Waals surface area contributed by atoms with Crippen molar-refractivity contribution in [3.05, 3.63) is 33.8 Å². The van der Waals surface area contributed by atoms with Crippen LogP contribution in [0.25, 0.3) is 0 Å². The predicted octanol–water partition coefficient (Wildman–Crippen LogP) is 5.79. The molecular formula is C25H36Cl2N2O4. The number of hydrogen-bond donors (Lipinski definition) is 1. The molecule has 1 heterocycles. The van der Waals surface area contributed by atoms with Crippen molar-refractivity contribution in [2.24, 2.45) is 0 Å². The summed E-state index contributed by atoms with van der Waals surface area (Å²) in [6.45, 7) is 3.17. The van der Waals surface area contributed by atoms with Gasteiger partial charge in [0.05, 0.1) is 23.6 Å². The maximum atomic E-state index is 13.0. The summed E-state index contributed by atoms with van der Waals surface area (Å²) in [6, 6.07) is 3.66. The van der Waals surface area contributed by atoms with E-state index in [2.05, 4.69) is 12.2 Å². The van der Waals surface area contributed by atoms with Gasteiger partial charge in [-0.25, -0.2) is 0 Å². The lowest BCUT2D eigenvalue weighted by molar-refractivity contribution is -0.147. The zero-order chi connectivity index (χ0) is 24.1. The number of halogens is 2. The van der Waals surface area contributed by atoms with E-state index in [1.54, 1.807) is 6.07 Å². The Morgan fingerprint density at radius 2 is 1.67 bits per heavy atom. The van der Waals surface area contributed by atoms with Gasteiger partial charge in [-0.05, 0) is 24.6 Å². The molecule has 184 valence electrons. The minimum Gasteiger partial charge on any atom is -0.466 e. The Kier molecular flexibility index (Phi) is 12.6. The third-order valence-corrected chi connectivity index (χ3v) is 6.42. The minimum atomic E-state index is -0.918. The van der Waals surface area contributed by atoms with Gasteiger partial charge < -0.3 is 15.0 Å². The van der Waals surface area contributed by atoms with E-state index in [1.165, 1.54) is 62.0 Å². The molecule has 8 heteroatoms. The first kappa shape index (κ1) is 27.5. The number of esters is 1. The summed E-state index contributed by atoms with van der Waals surface area (Å²) >= 11 is 12.1. The molecule has 1 fully saturated rings. The quantitative estimate of drug-likeness (QED) is 0.260. The van der Waals surface area contributed by atoms with Crippen molar-refractivity contribution < 1.29 is 19.1 Å². The highest BCUT2D eigenvalue weighted by atomic mass is 35.5. The summed E-state index contributed by atoms with van der Waals surface area (Å²) in [5.41, 5.74) is 0.250. The number of unbranched alkanes of at least 4 members (excludes halogenated alkanes) is 9. The summed E-state index contributed by atoms with van der Waals surface area (Å²) in [5, 5.41) is 3.34. The molecule has 1 aliphatic rings. The van der Waals surface area contributed by atoms with Crippen molar-refractivity contribution in [2.75, 3.05) is 19.7 Å². The first-order valence-electron chi connectivity index (χ1n) is 12.1. The summed E-state index contributed by atoms with van der Waals surface area (Å²) in [6.07, 6.45) is 11.8. The van der Waals surface area contributed by atoms with Gasteiger partial charge in [-0.2, -0.15) is 0 Å². The van der Waals surface area contributed by atoms with Crippen molar-refractivity contribution in [3.8, 4) is 0 Å². The third-order valence-electron chi connectivity index (χ3n) is 5.87. The zero-order valence-corrected chi connectivity index (χ0v) is 21.1. The SMILES string of the molecule is CCCCCCCCCCCCOC(=O)CC1C(=O)NCCN1C(=O)c1ccc(Cl)cc1Cl. The molecule has 1 aliphatic heterocycles. The average molecular weight is 499 g/mol. The molecule has 0 aliphatic carbocycles. The summed E-state index contributed by atoms with van der Waals surface area (Å²) in [7, 11) is 0. The van der Waals surface area contributed by atoms with Crippen LogP contribution in [0.5, 0.6) is 0 Å². The Morgan fingerprint density at radius 3 is 2.30 bits per heavy atom. The van der Waals surface area contributed by atoms with E-state index in [0.717, 1.165) is 19.3 Å². The Bertz CT molecular complexity index is 788. The lowest BCUT2D eigenvalue weighted by Gasteiger charge is -2.34. The van der Waals surface area contributed by atoms with Crippen molar-refractivity contribution in [3.63, 3.8) is 0 Å². The lowest BCUT2D eigenvalue weighted by atomic mass is 10.1. The van der Waals surface area contributed by atoms with Crippen LogP contribution in [-0.4, -0.2) is 48.4 Å². The van der Waals surface area contributed by atoms with Gasteiger partial charge in [0.2, 0.25) is 5.91 Å². The monoisotopic (exact) mass is 498 g/mol. The van der Waals surface area contributed by atoms with Crippen LogP contribution in [0.1, 0.15) is 87.9 Å². The molecule has 1 saturated heterocycles. The largest absolute Gasteiger partial charge is 0.466 e. The Morgan fingerprint density at radius 1 is 1.03 bits per heavy atom. The molecule has 2 amide bonds. The summed E-state index contributed by atoms with van der Waals surface area (Å²) in [4.78, 5) is 39.1. The molecule has 0 radical (unpaired) electrons. The van der Waals surface area contributed by atoms with Gasteiger partial charge in [-0.1, -0.05) is 87.9 Å². The van der Waals surface area contributed by atoms with Crippen LogP contribution in [0.3, 0.4) is 0 Å². The average Bonchev–Trinajstić information content (AvgIpc) is 2.78. The minimum absolute atomic E-state index is 0.180. The highest BCUT2D eigenvalue weighted by molar-refractivity contribution is 6.36. The molecule has 33 heavy (non-hydrogen) atoms. The molecule has 0 spiro atoms. The molecule has 0 saturated carbocycles. The molecule has 1 atom stereocenters. The number of nitrogens with zero attached hydrogens (tertiary/aromatic N) is 1. The smallest absolute Gasteiger partial charge is 0.308 e. The van der Waals surface area contributed by atoms with E-state index in [1.807, 2.05) is 0 Å². The van der Waals surface area contributed by atoms with E-state index in [0.29, 0.717) is 24.7 Å². The van der Waals surface area contributed by atoms with Crippen LogP contribution in [-0.2, 0) is 14.3 Å². The third kappa shape index (κ3) is 9.54. The van der Waals surface area contributed by atoms with Crippen LogP contribution in [0, 0.1) is 0 Å². The van der Waals surface area contributed by atoms with Crippen LogP contribution < -0.4 is 5.32 Å². The van der Waals surface area contributed by atoms with E-state index < -0.39 is 17.9 Å². The summed E-state index contributed by atoms with van der Waals surface area (Å²) in [5.74, 6) is -1.25. The number of hydrogen-bond acceptors (Lipinski definition) is 4. The van der Waals surface area contributed by atoms with Crippen LogP contribution in [0.15, 0.2) is 18.2 Å². The Hall–Kier alpha value is -1.79. The first-order valence-corrected chi connectivity index (χ1v) is 12.9. The zero-order valence-electron chi connectivity index (χ0n) is 19.5. The standard InChI is InChI=1S/C25H36Cl2N2O4/c1-2-3-4-5-6-7-8-9-10-11-16-33-23(30)18-22-24(31)28-14-15-29(22)25(32)20-13-12-19(26)17-21(20)27/h12-13,17,22H,2-11,14-16,18H2,1H3,(H,28,31). The Balaban J connectivity index is 1.72. The highest BCUT2D eigenvalue weighted by Crippen LogP contribution is 2.24. The fourth-order valence-corrected chi connectivity index (χ4v) is 4.46. The lowest BCUT2D eigenvalue weighted by Crippen LogP contribution is -2.57. The second-order valence-electron chi connectivity index (χ2n) is 8.54. The predicted molar refractivity (Wildman–Crippen MR) is 132 cm³/mol. The molecule has 1 unspecified atom stereocenters. The number of nitrogens with one attached hydrogen (secondary N) is 1. The summed E-state index contributed by atoms with van der Waals surface area (Å²) < 4.78 is 5.34. The van der Waals surface area contributed by atoms with E-state index in [-0.39, 0.29) is 22.9 Å². The Labute approximate surface area is 207 Å². The number of amides is 2. The van der Waals surface area contributed by atoms with Gasteiger partial charge in [0, 0.05) is 18.1 Å². The van der Waals surface area contributed by atoms with Crippen LogP contribution in [0.4, 0.5) is 0 Å². The first-order chi connectivity index (χ1) is 15.9. The fraction of sp³-hybridized carbons (Fsp3) is 0.640. The van der Waals surface area contributed by atoms with Crippen molar-refractivity contribution >= 4 is 41.0 Å². The second-order valence-corrected chi connectivity index (χ2v) is 9.38. The molecule has 0 bridgehead atoms. The van der Waals surface area contributed by atoms with Gasteiger partial charge in [0.1, 0.15) is 6.04 Å². The molecular weight excluding hydrogens is 463 g/mol. The number of carbonyl (C=O) groups excluding carboxylic acids is 3. The number of carbonyl (C=O) groups is 3. The van der Waals surface area contributed by atoms with Gasteiger partial charge in [0.15, 0.2) is 0 Å². The van der Waals surface area contributed by atoms with Gasteiger partial charge in [-0.3, -0.25) is 14.4 Å². The van der Waals surface area contributed by atoms with Crippen molar-refractivity contribution in [1.29, 1.82) is 0 Å². The molecule has 1 aromatic rings.